The third-order valence-corrected chi connectivity index (χ3v) is 6.04. The molecule has 1 aliphatic rings. The number of halogens is 1. The SMILES string of the molecule is COC(=O)c1ccccc1-c1ccc(COC2CNCCC2c2ccc(Cl)cc2)cc1. The molecule has 2 unspecified atom stereocenters. The fourth-order valence-electron chi connectivity index (χ4n) is 4.10. The summed E-state index contributed by atoms with van der Waals surface area (Å²) in [7, 11) is 1.40. The molecule has 0 radical (unpaired) electrons. The molecule has 160 valence electrons. The Hall–Kier alpha value is -2.66. The molecule has 0 aromatic heterocycles. The molecule has 0 aliphatic carbocycles. The van der Waals surface area contributed by atoms with E-state index >= 15 is 0 Å². The van der Waals surface area contributed by atoms with Crippen LogP contribution in [0.15, 0.2) is 72.8 Å². The summed E-state index contributed by atoms with van der Waals surface area (Å²) in [6, 6.07) is 23.7. The van der Waals surface area contributed by atoms with Gasteiger partial charge in [0.1, 0.15) is 0 Å². The summed E-state index contributed by atoms with van der Waals surface area (Å²) in [5.41, 5.74) is 4.77. The van der Waals surface area contributed by atoms with E-state index in [0.29, 0.717) is 18.1 Å². The predicted molar refractivity (Wildman–Crippen MR) is 123 cm³/mol. The van der Waals surface area contributed by atoms with Crippen molar-refractivity contribution in [2.75, 3.05) is 20.2 Å². The summed E-state index contributed by atoms with van der Waals surface area (Å²) >= 11 is 6.05. The summed E-state index contributed by atoms with van der Waals surface area (Å²) in [6.07, 6.45) is 1.14. The molecular weight excluding hydrogens is 410 g/mol. The van der Waals surface area contributed by atoms with Crippen LogP contribution in [0.1, 0.15) is 33.8 Å². The number of rotatable bonds is 6. The van der Waals surface area contributed by atoms with Gasteiger partial charge >= 0.3 is 5.97 Å². The molecule has 3 aromatic carbocycles. The number of hydrogen-bond acceptors (Lipinski definition) is 4. The van der Waals surface area contributed by atoms with E-state index in [4.69, 9.17) is 21.1 Å². The average molecular weight is 436 g/mol. The highest BCUT2D eigenvalue weighted by molar-refractivity contribution is 6.30. The second kappa shape index (κ2) is 10.1. The molecular formula is C26H26ClNO3. The lowest BCUT2D eigenvalue weighted by Gasteiger charge is -2.32. The van der Waals surface area contributed by atoms with Crippen molar-refractivity contribution in [3.8, 4) is 11.1 Å². The van der Waals surface area contributed by atoms with E-state index in [1.807, 2.05) is 42.5 Å². The molecule has 0 amide bonds. The topological polar surface area (TPSA) is 47.6 Å². The van der Waals surface area contributed by atoms with Crippen molar-refractivity contribution in [3.05, 3.63) is 94.5 Å². The summed E-state index contributed by atoms with van der Waals surface area (Å²) < 4.78 is 11.2. The molecule has 31 heavy (non-hydrogen) atoms. The molecule has 0 saturated carbocycles. The smallest absolute Gasteiger partial charge is 0.338 e. The van der Waals surface area contributed by atoms with Crippen LogP contribution in [0.3, 0.4) is 0 Å². The first-order valence-electron chi connectivity index (χ1n) is 10.5. The zero-order valence-corrected chi connectivity index (χ0v) is 18.3. The molecule has 4 rings (SSSR count). The molecule has 3 aromatic rings. The van der Waals surface area contributed by atoms with Crippen LogP contribution < -0.4 is 5.32 Å². The Morgan fingerprint density at radius 3 is 2.52 bits per heavy atom. The van der Waals surface area contributed by atoms with Crippen molar-refractivity contribution in [2.45, 2.75) is 25.0 Å². The molecule has 4 nitrogen and oxygen atoms in total. The van der Waals surface area contributed by atoms with Crippen LogP contribution >= 0.6 is 11.6 Å². The number of benzene rings is 3. The number of carbonyl (C=O) groups excluding carboxylic acids is 1. The van der Waals surface area contributed by atoms with Gasteiger partial charge < -0.3 is 14.8 Å². The Morgan fingerprint density at radius 2 is 1.77 bits per heavy atom. The molecule has 0 bridgehead atoms. The molecule has 5 heteroatoms. The van der Waals surface area contributed by atoms with Gasteiger partial charge in [-0.1, -0.05) is 66.2 Å². The van der Waals surface area contributed by atoms with Gasteiger partial charge in [0.15, 0.2) is 0 Å². The maximum atomic E-state index is 12.1. The molecule has 1 aliphatic heterocycles. The van der Waals surface area contributed by atoms with Gasteiger partial charge in [-0.05, 0) is 53.4 Å². The summed E-state index contributed by atoms with van der Waals surface area (Å²) in [5.74, 6) is 0.0192. The first-order valence-corrected chi connectivity index (χ1v) is 10.9. The van der Waals surface area contributed by atoms with E-state index in [1.165, 1.54) is 12.7 Å². The Bertz CT molecular complexity index is 1020. The third kappa shape index (κ3) is 5.16. The van der Waals surface area contributed by atoms with Crippen molar-refractivity contribution in [1.29, 1.82) is 0 Å². The van der Waals surface area contributed by atoms with E-state index in [-0.39, 0.29) is 12.1 Å². The Morgan fingerprint density at radius 1 is 1.03 bits per heavy atom. The quantitative estimate of drug-likeness (QED) is 0.522. The van der Waals surface area contributed by atoms with Crippen molar-refractivity contribution in [3.63, 3.8) is 0 Å². The minimum atomic E-state index is -0.332. The van der Waals surface area contributed by atoms with Crippen molar-refractivity contribution >= 4 is 17.6 Å². The average Bonchev–Trinajstić information content (AvgIpc) is 2.83. The lowest BCUT2D eigenvalue weighted by Crippen LogP contribution is -2.40. The van der Waals surface area contributed by atoms with Crippen LogP contribution in [0.5, 0.6) is 0 Å². The third-order valence-electron chi connectivity index (χ3n) is 5.79. The normalized spacial score (nSPS) is 18.5. The standard InChI is InChI=1S/C26H26ClNO3/c1-30-26(29)24-5-3-2-4-22(24)19-8-6-18(7-9-19)17-31-25-16-28-15-14-23(25)20-10-12-21(27)13-11-20/h2-13,23,25,28H,14-17H2,1H3. The minimum Gasteiger partial charge on any atom is -0.465 e. The molecule has 1 saturated heterocycles. The molecule has 1 fully saturated rings. The maximum absolute atomic E-state index is 12.1. The molecule has 2 atom stereocenters. The Balaban J connectivity index is 1.45. The van der Waals surface area contributed by atoms with Gasteiger partial charge in [-0.2, -0.15) is 0 Å². The first-order chi connectivity index (χ1) is 15.2. The van der Waals surface area contributed by atoms with Crippen molar-refractivity contribution in [2.24, 2.45) is 0 Å². The highest BCUT2D eigenvalue weighted by Gasteiger charge is 2.27. The van der Waals surface area contributed by atoms with Crippen LogP contribution in [-0.4, -0.2) is 32.3 Å². The van der Waals surface area contributed by atoms with Crippen LogP contribution in [0.25, 0.3) is 11.1 Å². The van der Waals surface area contributed by atoms with Crippen LogP contribution in [0.2, 0.25) is 5.02 Å². The molecule has 0 spiro atoms. The van der Waals surface area contributed by atoms with Gasteiger partial charge in [0.05, 0.1) is 25.4 Å². The Labute approximate surface area is 188 Å². The molecule has 1 heterocycles. The second-order valence-corrected chi connectivity index (χ2v) is 8.17. The van der Waals surface area contributed by atoms with E-state index in [2.05, 4.69) is 29.6 Å². The van der Waals surface area contributed by atoms with Crippen LogP contribution in [0.4, 0.5) is 0 Å². The predicted octanol–water partition coefficient (Wildman–Crippen LogP) is 5.46. The zero-order chi connectivity index (χ0) is 21.6. The number of piperidine rings is 1. The Kier molecular flexibility index (Phi) is 7.03. The van der Waals surface area contributed by atoms with Gasteiger partial charge in [0, 0.05) is 17.5 Å². The number of carbonyl (C=O) groups is 1. The highest BCUT2D eigenvalue weighted by Crippen LogP contribution is 2.30. The van der Waals surface area contributed by atoms with Crippen LogP contribution in [-0.2, 0) is 16.1 Å². The number of nitrogens with one attached hydrogen (secondary N) is 1. The van der Waals surface area contributed by atoms with Crippen LogP contribution in [0, 0.1) is 0 Å². The van der Waals surface area contributed by atoms with Gasteiger partial charge in [-0.25, -0.2) is 4.79 Å². The van der Waals surface area contributed by atoms with Gasteiger partial charge in [0.25, 0.3) is 0 Å². The highest BCUT2D eigenvalue weighted by atomic mass is 35.5. The molecule has 1 N–H and O–H groups in total. The fourth-order valence-corrected chi connectivity index (χ4v) is 4.23. The van der Waals surface area contributed by atoms with E-state index < -0.39 is 0 Å². The first kappa shape index (κ1) is 21.6. The summed E-state index contributed by atoms with van der Waals surface area (Å²) in [4.78, 5) is 12.1. The summed E-state index contributed by atoms with van der Waals surface area (Å²) in [6.45, 7) is 2.36. The number of methoxy groups -OCH3 is 1. The second-order valence-electron chi connectivity index (χ2n) is 7.73. The monoisotopic (exact) mass is 435 g/mol. The summed E-state index contributed by atoms with van der Waals surface area (Å²) in [5, 5.41) is 4.19. The van der Waals surface area contributed by atoms with E-state index in [1.54, 1.807) is 6.07 Å². The van der Waals surface area contributed by atoms with E-state index in [0.717, 1.165) is 41.2 Å². The van der Waals surface area contributed by atoms with E-state index in [9.17, 15) is 4.79 Å². The lowest BCUT2D eigenvalue weighted by atomic mass is 9.88. The van der Waals surface area contributed by atoms with Gasteiger partial charge in [-0.15, -0.1) is 0 Å². The maximum Gasteiger partial charge on any atom is 0.338 e. The number of hydrogen-bond donors (Lipinski definition) is 1. The number of ether oxygens (including phenoxy) is 2. The van der Waals surface area contributed by atoms with Gasteiger partial charge in [-0.3, -0.25) is 0 Å². The number of esters is 1. The lowest BCUT2D eigenvalue weighted by molar-refractivity contribution is 0.0106. The minimum absolute atomic E-state index is 0.106. The fraction of sp³-hybridized carbons (Fsp3) is 0.269. The van der Waals surface area contributed by atoms with Gasteiger partial charge in [0.2, 0.25) is 0 Å². The van der Waals surface area contributed by atoms with Crippen molar-refractivity contribution in [1.82, 2.24) is 5.32 Å². The largest absolute Gasteiger partial charge is 0.465 e. The zero-order valence-electron chi connectivity index (χ0n) is 17.5. The van der Waals surface area contributed by atoms with Crippen molar-refractivity contribution < 1.29 is 14.3 Å².